The van der Waals surface area contributed by atoms with Crippen molar-refractivity contribution in [3.8, 4) is 0 Å². The monoisotopic (exact) mass is 1320 g/mol. The summed E-state index contributed by atoms with van der Waals surface area (Å²) >= 11 is 0. The largest absolute Gasteiger partial charge is 0.472 e. The molecule has 0 aromatic rings. The Balaban J connectivity index is 4.71. The average molecular weight is 1320 g/mol. The van der Waals surface area contributed by atoms with Crippen LogP contribution in [-0.2, 0) is 55.8 Å². The van der Waals surface area contributed by atoms with Gasteiger partial charge in [0.25, 0.3) is 0 Å². The maximum atomic E-state index is 12.9. The summed E-state index contributed by atoms with van der Waals surface area (Å²) in [6.07, 6.45) is 76.4. The van der Waals surface area contributed by atoms with Gasteiger partial charge in [0.05, 0.1) is 26.4 Å². The molecule has 520 valence electrons. The molecule has 0 aromatic heterocycles. The van der Waals surface area contributed by atoms with Crippen LogP contribution in [0.25, 0.3) is 0 Å². The third-order valence-corrected chi connectivity index (χ3v) is 15.7. The van der Waals surface area contributed by atoms with Crippen LogP contribution in [0.3, 0.4) is 0 Å². The molecule has 16 nitrogen and oxygen atoms in total. The fourth-order valence-electron chi connectivity index (χ4n) is 8.62. The number of aliphatic hydroxyl groups excluding tert-OH is 2. The predicted molar refractivity (Wildman–Crippen MR) is 371 cm³/mol. The second kappa shape index (κ2) is 65.7. The van der Waals surface area contributed by atoms with E-state index in [0.717, 1.165) is 167 Å². The molecule has 0 aliphatic rings. The van der Waals surface area contributed by atoms with Crippen molar-refractivity contribution in [3.05, 3.63) is 134 Å². The van der Waals surface area contributed by atoms with E-state index in [-0.39, 0.29) is 19.3 Å². The smallest absolute Gasteiger partial charge is 0.463 e. The SMILES string of the molecule is CC/C=C\C/C=C\C/C=C\C/C=C\CCCCCCCCC(=O)OCC(COP(=O)(O)OCC(O)COP(=O)(O)OCC(O)COC(=O)CCCCCCC/C=C\C/C=C\C/C=C\C/C=C\CCCCC)OC(=O)CCCCCCC/C=C\C/C=C\C/C=C\CC. The number of ether oxygens (including phenoxy) is 3. The summed E-state index contributed by atoms with van der Waals surface area (Å²) in [5.74, 6) is -1.63. The number of phosphoric acid groups is 2. The van der Waals surface area contributed by atoms with Gasteiger partial charge in [-0.05, 0) is 135 Å². The number of rotatable bonds is 64. The molecule has 5 atom stereocenters. The number of carbonyl (C=O) groups excluding carboxylic acids is 3. The first-order valence-corrected chi connectivity index (χ1v) is 37.5. The van der Waals surface area contributed by atoms with Crippen LogP contribution in [0.2, 0.25) is 0 Å². The van der Waals surface area contributed by atoms with Gasteiger partial charge < -0.3 is 34.2 Å². The van der Waals surface area contributed by atoms with Crippen LogP contribution >= 0.6 is 15.6 Å². The molecule has 0 aromatic carbocycles. The van der Waals surface area contributed by atoms with E-state index in [1.807, 2.05) is 0 Å². The van der Waals surface area contributed by atoms with Gasteiger partial charge in [-0.3, -0.25) is 32.5 Å². The van der Waals surface area contributed by atoms with E-state index in [9.17, 15) is 43.5 Å². The fourth-order valence-corrected chi connectivity index (χ4v) is 10.2. The van der Waals surface area contributed by atoms with Gasteiger partial charge in [0.15, 0.2) is 6.10 Å². The summed E-state index contributed by atoms with van der Waals surface area (Å²) in [6, 6.07) is 0. The zero-order valence-corrected chi connectivity index (χ0v) is 58.0. The van der Waals surface area contributed by atoms with Crippen molar-refractivity contribution in [1.29, 1.82) is 0 Å². The lowest BCUT2D eigenvalue weighted by Crippen LogP contribution is -2.30. The third kappa shape index (κ3) is 66.9. The third-order valence-electron chi connectivity index (χ3n) is 13.8. The highest BCUT2D eigenvalue weighted by atomic mass is 31.2. The van der Waals surface area contributed by atoms with Crippen LogP contribution in [0.5, 0.6) is 0 Å². The van der Waals surface area contributed by atoms with Crippen molar-refractivity contribution in [3.63, 3.8) is 0 Å². The number of phosphoric ester groups is 2. The molecule has 0 rings (SSSR count). The van der Waals surface area contributed by atoms with Crippen LogP contribution in [0, 0.1) is 0 Å². The molecule has 0 saturated carbocycles. The predicted octanol–water partition coefficient (Wildman–Crippen LogP) is 19.2. The minimum atomic E-state index is -4.94. The lowest BCUT2D eigenvalue weighted by molar-refractivity contribution is -0.161. The molecule has 0 aliphatic heterocycles. The van der Waals surface area contributed by atoms with Crippen LogP contribution < -0.4 is 0 Å². The van der Waals surface area contributed by atoms with Crippen LogP contribution in [0.1, 0.15) is 252 Å². The lowest BCUT2D eigenvalue weighted by atomic mass is 10.1. The summed E-state index contributed by atoms with van der Waals surface area (Å²) in [7, 11) is -9.80. The van der Waals surface area contributed by atoms with Gasteiger partial charge in [0, 0.05) is 19.3 Å². The summed E-state index contributed by atoms with van der Waals surface area (Å²) < 4.78 is 60.9. The molecule has 91 heavy (non-hydrogen) atoms. The molecule has 0 saturated heterocycles. The van der Waals surface area contributed by atoms with E-state index >= 15 is 0 Å². The van der Waals surface area contributed by atoms with Crippen molar-refractivity contribution in [1.82, 2.24) is 0 Å². The number of esters is 3. The van der Waals surface area contributed by atoms with E-state index in [0.29, 0.717) is 19.3 Å². The summed E-state index contributed by atoms with van der Waals surface area (Å²) in [5, 5.41) is 20.6. The molecule has 0 fully saturated rings. The normalized spacial score (nSPS) is 15.0. The molecule has 5 unspecified atom stereocenters. The van der Waals surface area contributed by atoms with Crippen molar-refractivity contribution >= 4 is 33.6 Å². The Bertz CT molecular complexity index is 2190. The van der Waals surface area contributed by atoms with Crippen molar-refractivity contribution < 1.29 is 75.8 Å². The molecule has 0 radical (unpaired) electrons. The zero-order valence-electron chi connectivity index (χ0n) is 56.2. The van der Waals surface area contributed by atoms with Gasteiger partial charge in [0.2, 0.25) is 0 Å². The highest BCUT2D eigenvalue weighted by Gasteiger charge is 2.29. The Morgan fingerprint density at radius 3 is 0.923 bits per heavy atom. The van der Waals surface area contributed by atoms with Crippen molar-refractivity contribution in [2.45, 2.75) is 270 Å². The summed E-state index contributed by atoms with van der Waals surface area (Å²) in [5.41, 5.74) is 0. The fraction of sp³-hybridized carbons (Fsp3) is 0.658. The minimum absolute atomic E-state index is 0.0769. The maximum absolute atomic E-state index is 12.9. The average Bonchev–Trinajstić information content (AvgIpc) is 3.08. The molecule has 0 heterocycles. The summed E-state index contributed by atoms with van der Waals surface area (Å²) in [6.45, 7) is 2.34. The van der Waals surface area contributed by atoms with Gasteiger partial charge in [-0.25, -0.2) is 9.13 Å². The minimum Gasteiger partial charge on any atom is -0.463 e. The molecule has 0 aliphatic carbocycles. The van der Waals surface area contributed by atoms with Gasteiger partial charge in [-0.2, -0.15) is 0 Å². The van der Waals surface area contributed by atoms with Gasteiger partial charge in [-0.15, -0.1) is 0 Å². The first-order valence-electron chi connectivity index (χ1n) is 34.5. The van der Waals surface area contributed by atoms with Crippen molar-refractivity contribution in [2.75, 3.05) is 39.6 Å². The first kappa shape index (κ1) is 86.7. The van der Waals surface area contributed by atoms with E-state index in [2.05, 4.69) is 154 Å². The van der Waals surface area contributed by atoms with Gasteiger partial charge in [0.1, 0.15) is 25.4 Å². The topological polar surface area (TPSA) is 231 Å². The standard InChI is InChI=1S/C73H122O16P2/c1-4-7-10-13-16-19-22-25-28-30-32-33-35-37-39-41-44-47-50-53-56-59-71(76)83-62-68(74)63-85-90(79,80)86-64-69(75)65-87-91(81,82)88-67-70(89-73(78)61-58-55-52-49-46-43-38-27-24-21-18-15-12-9-6-3)66-84-72(77)60-57-54-51-48-45-42-40-36-34-31-29-26-23-20-17-14-11-8-5-2/h8-9,11-12,16-21,25-29,32-34,36-39,68-70,74-75H,4-7,10,13-15,22-24,30-31,35,40-67H2,1-3H3,(H,79,80)(H,81,82)/b11-8-,12-9-,19-16-,20-17-,21-18-,28-25-,29-26-,33-32-,36-34-,38-27-,39-37-. The number of hydrogen-bond acceptors (Lipinski definition) is 14. The number of hydrogen-bond donors (Lipinski definition) is 4. The highest BCUT2D eigenvalue weighted by molar-refractivity contribution is 7.47. The number of aliphatic hydroxyl groups is 2. The first-order chi connectivity index (χ1) is 44.2. The molecular formula is C73H122O16P2. The molecule has 4 N–H and O–H groups in total. The quantitative estimate of drug-likeness (QED) is 0.0146. The van der Waals surface area contributed by atoms with Gasteiger partial charge >= 0.3 is 33.6 Å². The second-order valence-electron chi connectivity index (χ2n) is 22.6. The highest BCUT2D eigenvalue weighted by Crippen LogP contribution is 2.45. The Morgan fingerprint density at radius 2 is 0.582 bits per heavy atom. The number of allylic oxidation sites excluding steroid dienone is 22. The van der Waals surface area contributed by atoms with E-state index in [4.69, 9.17) is 32.3 Å². The van der Waals surface area contributed by atoms with E-state index in [1.165, 1.54) is 25.7 Å². The van der Waals surface area contributed by atoms with Crippen LogP contribution in [-0.4, -0.2) is 95.9 Å². The maximum Gasteiger partial charge on any atom is 0.472 e. The lowest BCUT2D eigenvalue weighted by Gasteiger charge is -2.21. The van der Waals surface area contributed by atoms with Crippen LogP contribution in [0.4, 0.5) is 0 Å². The second-order valence-corrected chi connectivity index (χ2v) is 25.5. The van der Waals surface area contributed by atoms with Gasteiger partial charge in [-0.1, -0.05) is 231 Å². The zero-order chi connectivity index (χ0) is 66.7. The number of carbonyl (C=O) groups is 3. The Morgan fingerprint density at radius 1 is 0.319 bits per heavy atom. The summed E-state index contributed by atoms with van der Waals surface area (Å²) in [4.78, 5) is 58.4. The molecule has 0 bridgehead atoms. The Kier molecular flexibility index (Phi) is 62.6. The van der Waals surface area contributed by atoms with E-state index < -0.39 is 91.5 Å². The Hall–Kier alpha value is -4.31. The molecular weight excluding hydrogens is 1190 g/mol. The van der Waals surface area contributed by atoms with Crippen molar-refractivity contribution in [2.24, 2.45) is 0 Å². The molecule has 18 heteroatoms. The number of unbranched alkanes of at least 4 members (excludes halogenated alkanes) is 19. The van der Waals surface area contributed by atoms with E-state index in [1.54, 1.807) is 0 Å². The molecule has 0 amide bonds. The molecule has 0 spiro atoms. The Labute approximate surface area is 550 Å². The van der Waals surface area contributed by atoms with Crippen LogP contribution in [0.15, 0.2) is 134 Å².